The number of halogens is 4. The summed E-state index contributed by atoms with van der Waals surface area (Å²) in [5.41, 5.74) is 0. The Morgan fingerprint density at radius 1 is 1.00 bits per heavy atom. The number of fused-ring (bicyclic) bond motifs is 2. The number of hydrogen-bond acceptors (Lipinski definition) is 4. The highest BCUT2D eigenvalue weighted by atomic mass is 35.5. The van der Waals surface area contributed by atoms with Crippen LogP contribution in [0.5, 0.6) is 17.2 Å². The van der Waals surface area contributed by atoms with E-state index >= 15 is 0 Å². The first-order valence-electron chi connectivity index (χ1n) is 8.08. The number of hydrogen-bond donors (Lipinski definition) is 1. The standard InChI is InChI=1S/C18H14Cl4O4S/c19-9-6-12-13(8-11(9)25-5-3-1-2-4-15(23)24)27-14-7-10(20)16(21)17(22)18(14)26-12/h6-8H,1-5H2,(H,23,24). The highest BCUT2D eigenvalue weighted by Crippen LogP contribution is 2.54. The first-order valence-corrected chi connectivity index (χ1v) is 10.4. The van der Waals surface area contributed by atoms with Gasteiger partial charge in [0.15, 0.2) is 5.75 Å². The molecule has 2 aromatic rings. The van der Waals surface area contributed by atoms with Crippen LogP contribution in [0.4, 0.5) is 0 Å². The Kier molecular flexibility index (Phi) is 6.93. The average molecular weight is 468 g/mol. The maximum absolute atomic E-state index is 10.5. The van der Waals surface area contributed by atoms with Crippen LogP contribution in [-0.2, 0) is 4.79 Å². The molecule has 27 heavy (non-hydrogen) atoms. The Morgan fingerprint density at radius 3 is 2.52 bits per heavy atom. The van der Waals surface area contributed by atoms with Crippen molar-refractivity contribution in [2.24, 2.45) is 0 Å². The van der Waals surface area contributed by atoms with E-state index < -0.39 is 5.97 Å². The van der Waals surface area contributed by atoms with E-state index in [0.29, 0.717) is 40.3 Å². The van der Waals surface area contributed by atoms with Gasteiger partial charge in [-0.15, -0.1) is 0 Å². The summed E-state index contributed by atoms with van der Waals surface area (Å²) in [6, 6.07) is 5.18. The SMILES string of the molecule is O=C(O)CCCCCOc1cc2c(cc1Cl)Oc1c(cc(Cl)c(Cl)c1Cl)S2. The second-order valence-corrected chi connectivity index (χ2v) is 8.45. The van der Waals surface area contributed by atoms with E-state index in [1.165, 1.54) is 11.8 Å². The molecule has 0 spiro atoms. The quantitative estimate of drug-likeness (QED) is 0.286. The molecule has 1 heterocycles. The molecule has 0 radical (unpaired) electrons. The van der Waals surface area contributed by atoms with Crippen LogP contribution in [0, 0.1) is 0 Å². The lowest BCUT2D eigenvalue weighted by molar-refractivity contribution is -0.137. The van der Waals surface area contributed by atoms with Crippen LogP contribution in [0.15, 0.2) is 28.0 Å². The summed E-state index contributed by atoms with van der Waals surface area (Å²) in [5.74, 6) is 0.769. The molecule has 0 fully saturated rings. The smallest absolute Gasteiger partial charge is 0.303 e. The lowest BCUT2D eigenvalue weighted by Gasteiger charge is -2.22. The molecule has 0 aromatic heterocycles. The van der Waals surface area contributed by atoms with Gasteiger partial charge in [0, 0.05) is 12.5 Å². The number of aliphatic carboxylic acids is 1. The zero-order valence-corrected chi connectivity index (χ0v) is 17.7. The van der Waals surface area contributed by atoms with Gasteiger partial charge in [-0.05, 0) is 31.4 Å². The Morgan fingerprint density at radius 2 is 1.78 bits per heavy atom. The van der Waals surface area contributed by atoms with Crippen molar-refractivity contribution in [3.8, 4) is 17.2 Å². The minimum absolute atomic E-state index is 0.169. The van der Waals surface area contributed by atoms with Crippen molar-refractivity contribution in [1.29, 1.82) is 0 Å². The number of ether oxygens (including phenoxy) is 2. The van der Waals surface area contributed by atoms with Gasteiger partial charge in [-0.3, -0.25) is 4.79 Å². The number of carbonyl (C=O) groups is 1. The van der Waals surface area contributed by atoms with Crippen LogP contribution < -0.4 is 9.47 Å². The van der Waals surface area contributed by atoms with Crippen LogP contribution in [-0.4, -0.2) is 17.7 Å². The summed E-state index contributed by atoms with van der Waals surface area (Å²) >= 11 is 26.1. The zero-order valence-electron chi connectivity index (χ0n) is 13.9. The molecule has 2 aromatic carbocycles. The van der Waals surface area contributed by atoms with E-state index in [9.17, 15) is 4.79 Å². The third-order valence-electron chi connectivity index (χ3n) is 3.81. The predicted molar refractivity (Wildman–Crippen MR) is 109 cm³/mol. The van der Waals surface area contributed by atoms with Crippen LogP contribution in [0.1, 0.15) is 25.7 Å². The average Bonchev–Trinajstić information content (AvgIpc) is 2.62. The maximum atomic E-state index is 10.5. The molecule has 144 valence electrons. The molecule has 0 bridgehead atoms. The molecule has 0 amide bonds. The Hall–Kier alpha value is -0.980. The minimum Gasteiger partial charge on any atom is -0.492 e. The first-order chi connectivity index (χ1) is 12.9. The van der Waals surface area contributed by atoms with E-state index in [-0.39, 0.29) is 16.5 Å². The van der Waals surface area contributed by atoms with Crippen molar-refractivity contribution in [1.82, 2.24) is 0 Å². The summed E-state index contributed by atoms with van der Waals surface area (Å²) in [6.07, 6.45) is 2.32. The van der Waals surface area contributed by atoms with Crippen molar-refractivity contribution in [3.63, 3.8) is 0 Å². The molecule has 9 heteroatoms. The molecule has 1 aliphatic rings. The largest absolute Gasteiger partial charge is 0.492 e. The Balaban J connectivity index is 1.69. The van der Waals surface area contributed by atoms with Gasteiger partial charge in [-0.25, -0.2) is 0 Å². The fourth-order valence-electron chi connectivity index (χ4n) is 2.48. The van der Waals surface area contributed by atoms with E-state index in [2.05, 4.69) is 0 Å². The lowest BCUT2D eigenvalue weighted by atomic mass is 10.2. The topological polar surface area (TPSA) is 55.8 Å². The summed E-state index contributed by atoms with van der Waals surface area (Å²) in [7, 11) is 0. The monoisotopic (exact) mass is 466 g/mol. The van der Waals surface area contributed by atoms with Gasteiger partial charge in [0.05, 0.1) is 31.5 Å². The molecule has 0 unspecified atom stereocenters. The summed E-state index contributed by atoms with van der Waals surface area (Å²) in [6.45, 7) is 0.452. The Labute approximate surface area is 180 Å². The number of benzene rings is 2. The molecule has 4 nitrogen and oxygen atoms in total. The van der Waals surface area contributed by atoms with Gasteiger partial charge in [0.2, 0.25) is 0 Å². The van der Waals surface area contributed by atoms with Gasteiger partial charge >= 0.3 is 5.97 Å². The first kappa shape index (κ1) is 20.7. The third kappa shape index (κ3) is 4.90. The van der Waals surface area contributed by atoms with Gasteiger partial charge in [-0.2, -0.15) is 0 Å². The molecular weight excluding hydrogens is 454 g/mol. The van der Waals surface area contributed by atoms with Gasteiger partial charge in [-0.1, -0.05) is 58.2 Å². The van der Waals surface area contributed by atoms with Gasteiger partial charge in [0.25, 0.3) is 0 Å². The summed E-state index contributed by atoms with van der Waals surface area (Å²) in [4.78, 5) is 12.1. The molecule has 0 saturated carbocycles. The van der Waals surface area contributed by atoms with Gasteiger partial charge < -0.3 is 14.6 Å². The van der Waals surface area contributed by atoms with E-state index in [0.717, 1.165) is 22.6 Å². The summed E-state index contributed by atoms with van der Waals surface area (Å²) < 4.78 is 11.6. The second-order valence-electron chi connectivity index (χ2n) is 5.80. The number of carboxylic acids is 1. The second kappa shape index (κ2) is 9.01. The van der Waals surface area contributed by atoms with Crippen LogP contribution in [0.25, 0.3) is 0 Å². The molecular formula is C18H14Cl4O4S. The molecule has 0 atom stereocenters. The fourth-order valence-corrected chi connectivity index (χ4v) is 4.46. The molecule has 1 N–H and O–H groups in total. The van der Waals surface area contributed by atoms with Crippen molar-refractivity contribution in [2.75, 3.05) is 6.61 Å². The predicted octanol–water partition coefficient (Wildman–Crippen LogP) is 7.58. The molecule has 3 rings (SSSR count). The maximum Gasteiger partial charge on any atom is 0.303 e. The Bertz CT molecular complexity index is 888. The molecule has 0 saturated heterocycles. The van der Waals surface area contributed by atoms with E-state index in [1.807, 2.05) is 0 Å². The third-order valence-corrected chi connectivity index (χ3v) is 6.41. The highest BCUT2D eigenvalue weighted by Gasteiger charge is 2.25. The van der Waals surface area contributed by atoms with Crippen molar-refractivity contribution >= 4 is 64.1 Å². The molecule has 1 aliphatic heterocycles. The highest BCUT2D eigenvalue weighted by molar-refractivity contribution is 7.99. The summed E-state index contributed by atoms with van der Waals surface area (Å²) in [5, 5.41) is 9.90. The van der Waals surface area contributed by atoms with E-state index in [4.69, 9.17) is 61.0 Å². The van der Waals surface area contributed by atoms with Crippen molar-refractivity contribution < 1.29 is 19.4 Å². The number of carboxylic acid groups (broad SMARTS) is 1. The minimum atomic E-state index is -0.785. The normalized spacial score (nSPS) is 12.1. The zero-order chi connectivity index (χ0) is 19.6. The van der Waals surface area contributed by atoms with Crippen molar-refractivity contribution in [2.45, 2.75) is 35.5 Å². The number of rotatable bonds is 7. The number of unbranched alkanes of at least 4 members (excludes halogenated alkanes) is 2. The van der Waals surface area contributed by atoms with Crippen LogP contribution in [0.3, 0.4) is 0 Å². The lowest BCUT2D eigenvalue weighted by Crippen LogP contribution is -2.01. The fraction of sp³-hybridized carbons (Fsp3) is 0.278. The van der Waals surface area contributed by atoms with Gasteiger partial charge in [0.1, 0.15) is 16.5 Å². The van der Waals surface area contributed by atoms with Crippen LogP contribution in [0.2, 0.25) is 20.1 Å². The van der Waals surface area contributed by atoms with Crippen LogP contribution >= 0.6 is 58.2 Å². The molecule has 0 aliphatic carbocycles. The van der Waals surface area contributed by atoms with E-state index in [1.54, 1.807) is 18.2 Å². The van der Waals surface area contributed by atoms with Crippen molar-refractivity contribution in [3.05, 3.63) is 38.3 Å².